The van der Waals surface area contributed by atoms with Gasteiger partial charge in [0.05, 0.1) is 11.2 Å². The summed E-state index contributed by atoms with van der Waals surface area (Å²) in [7, 11) is 0. The predicted octanol–water partition coefficient (Wildman–Crippen LogP) is 7.61. The molecule has 0 atom stereocenters. The van der Waals surface area contributed by atoms with Crippen LogP contribution in [0.3, 0.4) is 0 Å². The Morgan fingerprint density at radius 3 is 2.14 bits per heavy atom. The molecule has 0 spiro atoms. The number of imidazole rings is 1. The van der Waals surface area contributed by atoms with E-state index in [0.717, 1.165) is 16.8 Å². The molecular formula is C38H26BN3O. The maximum atomic E-state index is 6.83. The second-order valence-corrected chi connectivity index (χ2v) is 12.8. The number of benzene rings is 5. The van der Waals surface area contributed by atoms with Crippen molar-refractivity contribution >= 4 is 78.9 Å². The lowest BCUT2D eigenvalue weighted by molar-refractivity contribution is 0.645. The number of furan rings is 1. The smallest absolute Gasteiger partial charge is 0.255 e. The third kappa shape index (κ3) is 2.32. The van der Waals surface area contributed by atoms with Crippen molar-refractivity contribution in [2.75, 3.05) is 4.90 Å². The molecule has 3 aliphatic rings. The number of para-hydroxylation sites is 1. The zero-order chi connectivity index (χ0) is 28.5. The molecule has 0 saturated heterocycles. The SMILES string of the molecule is Cc1cc2oc3c(c2cc1C)n1c2cccc4c2c2c1n3-c1cccc3c1B2c1c-4cccc1N3c1c(C)cccc1C. The average molecular weight is 551 g/mol. The molecule has 43 heavy (non-hydrogen) atoms. The Bertz CT molecular complexity index is 2610. The minimum Gasteiger partial charge on any atom is -0.437 e. The summed E-state index contributed by atoms with van der Waals surface area (Å²) in [6.07, 6.45) is 0. The van der Waals surface area contributed by atoms with Gasteiger partial charge in [0.2, 0.25) is 5.71 Å². The van der Waals surface area contributed by atoms with E-state index in [1.807, 2.05) is 0 Å². The molecule has 0 aliphatic carbocycles. The molecule has 0 saturated carbocycles. The molecule has 0 bridgehead atoms. The molecular weight excluding hydrogens is 525 g/mol. The predicted molar refractivity (Wildman–Crippen MR) is 179 cm³/mol. The first-order valence-electron chi connectivity index (χ1n) is 15.2. The van der Waals surface area contributed by atoms with Crippen molar-refractivity contribution in [3.63, 3.8) is 0 Å². The van der Waals surface area contributed by atoms with Gasteiger partial charge in [0.15, 0.2) is 0 Å². The van der Waals surface area contributed by atoms with E-state index >= 15 is 0 Å². The number of nitrogens with zero attached hydrogens (tertiary/aromatic N) is 3. The van der Waals surface area contributed by atoms with Gasteiger partial charge in [-0.15, -0.1) is 0 Å². The quantitative estimate of drug-likeness (QED) is 0.196. The minimum absolute atomic E-state index is 0.155. The Labute approximate surface area is 248 Å². The highest BCUT2D eigenvalue weighted by Crippen LogP contribution is 2.48. The van der Waals surface area contributed by atoms with Crippen LogP contribution < -0.4 is 21.3 Å². The molecule has 11 rings (SSSR count). The first kappa shape index (κ1) is 22.4. The summed E-state index contributed by atoms with van der Waals surface area (Å²) >= 11 is 0. The summed E-state index contributed by atoms with van der Waals surface area (Å²) in [6, 6.07) is 31.8. The lowest BCUT2D eigenvalue weighted by Crippen LogP contribution is -2.62. The van der Waals surface area contributed by atoms with Gasteiger partial charge in [0.25, 0.3) is 6.71 Å². The van der Waals surface area contributed by atoms with Crippen molar-refractivity contribution in [1.82, 2.24) is 8.97 Å². The maximum Gasteiger partial charge on any atom is 0.255 e. The summed E-state index contributed by atoms with van der Waals surface area (Å²) in [5, 5.41) is 2.55. The standard InChI is InChI=1S/C38H26BN3O/c1-19-9-5-10-20(2)35(19)40-27-14-7-12-24-23-11-6-13-26-31(23)34-37-41(26)36-25-17-21(3)22(4)18-30(25)43-38(36)42(37)29-16-8-15-28(40)33(29)39(34)32(24)27/h5-18H,1-4H3. The monoisotopic (exact) mass is 551 g/mol. The molecule has 0 fully saturated rings. The van der Waals surface area contributed by atoms with Gasteiger partial charge in [-0.3, -0.25) is 8.97 Å². The van der Waals surface area contributed by atoms with Crippen LogP contribution in [-0.4, -0.2) is 15.7 Å². The highest BCUT2D eigenvalue weighted by Gasteiger charge is 2.48. The van der Waals surface area contributed by atoms with Crippen molar-refractivity contribution in [2.24, 2.45) is 0 Å². The lowest BCUT2D eigenvalue weighted by atomic mass is 9.31. The third-order valence-electron chi connectivity index (χ3n) is 10.6. The number of aromatic nitrogens is 2. The van der Waals surface area contributed by atoms with Gasteiger partial charge in [-0.25, -0.2) is 0 Å². The lowest BCUT2D eigenvalue weighted by Gasteiger charge is -2.42. The molecule has 0 N–H and O–H groups in total. The fourth-order valence-electron chi connectivity index (χ4n) is 8.79. The number of rotatable bonds is 1. The van der Waals surface area contributed by atoms with Crippen molar-refractivity contribution in [2.45, 2.75) is 27.7 Å². The van der Waals surface area contributed by atoms with Gasteiger partial charge >= 0.3 is 0 Å². The largest absolute Gasteiger partial charge is 0.437 e. The van der Waals surface area contributed by atoms with Crippen LogP contribution in [-0.2, 0) is 0 Å². The normalized spacial score (nSPS) is 14.0. The number of anilines is 3. The summed E-state index contributed by atoms with van der Waals surface area (Å²) in [5.74, 6) is 0. The third-order valence-corrected chi connectivity index (χ3v) is 10.6. The maximum absolute atomic E-state index is 6.83. The van der Waals surface area contributed by atoms with Crippen LogP contribution in [0.2, 0.25) is 0 Å². The number of hydrogen-bond donors (Lipinski definition) is 0. The Balaban J connectivity index is 1.42. The molecule has 202 valence electrons. The zero-order valence-corrected chi connectivity index (χ0v) is 24.4. The molecule has 5 aromatic carbocycles. The van der Waals surface area contributed by atoms with Crippen LogP contribution in [0.15, 0.2) is 89.3 Å². The summed E-state index contributed by atoms with van der Waals surface area (Å²) in [4.78, 5) is 2.54. The van der Waals surface area contributed by atoms with Gasteiger partial charge in [0, 0.05) is 27.8 Å². The second-order valence-electron chi connectivity index (χ2n) is 12.8. The Morgan fingerprint density at radius 1 is 0.628 bits per heavy atom. The van der Waals surface area contributed by atoms with E-state index in [4.69, 9.17) is 4.42 Å². The minimum atomic E-state index is 0.155. The Morgan fingerprint density at radius 2 is 1.30 bits per heavy atom. The molecule has 6 heterocycles. The number of aryl methyl sites for hydroxylation is 4. The molecule has 8 aromatic rings. The molecule has 0 amide bonds. The van der Waals surface area contributed by atoms with Gasteiger partial charge in [-0.05, 0) is 114 Å². The fraction of sp³-hybridized carbons (Fsp3) is 0.105. The van der Waals surface area contributed by atoms with Gasteiger partial charge in [-0.1, -0.05) is 48.5 Å². The van der Waals surface area contributed by atoms with Gasteiger partial charge in [-0.2, -0.15) is 0 Å². The van der Waals surface area contributed by atoms with E-state index in [2.05, 4.69) is 126 Å². The van der Waals surface area contributed by atoms with Gasteiger partial charge in [0.1, 0.15) is 16.7 Å². The average Bonchev–Trinajstić information content (AvgIpc) is 3.64. The highest BCUT2D eigenvalue weighted by molar-refractivity contribution is 7.03. The van der Waals surface area contributed by atoms with Crippen LogP contribution in [0.25, 0.3) is 55.6 Å². The van der Waals surface area contributed by atoms with Crippen LogP contribution in [0, 0.1) is 27.7 Å². The number of fused-ring (bicyclic) bond motifs is 8. The summed E-state index contributed by atoms with van der Waals surface area (Å²) < 4.78 is 11.8. The molecule has 0 radical (unpaired) electrons. The molecule has 3 aliphatic heterocycles. The van der Waals surface area contributed by atoms with Crippen LogP contribution >= 0.6 is 0 Å². The molecule has 4 nitrogen and oxygen atoms in total. The fourth-order valence-corrected chi connectivity index (χ4v) is 8.79. The van der Waals surface area contributed by atoms with Crippen LogP contribution in [0.4, 0.5) is 17.1 Å². The van der Waals surface area contributed by atoms with Gasteiger partial charge < -0.3 is 9.32 Å². The van der Waals surface area contributed by atoms with Crippen molar-refractivity contribution in [3.8, 4) is 16.8 Å². The van der Waals surface area contributed by atoms with Crippen molar-refractivity contribution in [1.29, 1.82) is 0 Å². The second kappa shape index (κ2) is 7.07. The van der Waals surface area contributed by atoms with E-state index < -0.39 is 0 Å². The Kier molecular flexibility index (Phi) is 3.69. The molecule has 3 aromatic heterocycles. The van der Waals surface area contributed by atoms with Crippen LogP contribution in [0.1, 0.15) is 22.3 Å². The highest BCUT2D eigenvalue weighted by atomic mass is 16.3. The number of hydrogen-bond acceptors (Lipinski definition) is 2. The zero-order valence-electron chi connectivity index (χ0n) is 24.4. The first-order valence-corrected chi connectivity index (χ1v) is 15.2. The van der Waals surface area contributed by atoms with E-state index in [0.29, 0.717) is 0 Å². The first-order chi connectivity index (χ1) is 21.0. The van der Waals surface area contributed by atoms with Crippen molar-refractivity contribution < 1.29 is 4.42 Å². The topological polar surface area (TPSA) is 25.7 Å². The van der Waals surface area contributed by atoms with E-state index in [1.165, 1.54) is 94.5 Å². The Hall–Kier alpha value is -5.16. The summed E-state index contributed by atoms with van der Waals surface area (Å²) in [6.45, 7) is 9.00. The van der Waals surface area contributed by atoms with Crippen LogP contribution in [0.5, 0.6) is 0 Å². The van der Waals surface area contributed by atoms with Crippen molar-refractivity contribution in [3.05, 3.63) is 107 Å². The van der Waals surface area contributed by atoms with E-state index in [-0.39, 0.29) is 6.71 Å². The van der Waals surface area contributed by atoms with E-state index in [9.17, 15) is 0 Å². The van der Waals surface area contributed by atoms with E-state index in [1.54, 1.807) is 0 Å². The molecule has 5 heteroatoms. The summed E-state index contributed by atoms with van der Waals surface area (Å²) in [5.41, 5.74) is 22.5. The molecule has 0 unspecified atom stereocenters.